The average molecular weight is 424 g/mol. The van der Waals surface area contributed by atoms with Gasteiger partial charge in [-0.3, -0.25) is 9.36 Å². The Morgan fingerprint density at radius 3 is 2.74 bits per heavy atom. The van der Waals surface area contributed by atoms with Crippen LogP contribution in [0.15, 0.2) is 15.3 Å². The van der Waals surface area contributed by atoms with Crippen molar-refractivity contribution in [3.8, 4) is 0 Å². The van der Waals surface area contributed by atoms with Crippen LogP contribution in [0.2, 0.25) is 0 Å². The summed E-state index contributed by atoms with van der Waals surface area (Å²) in [7, 11) is 1.65. The zero-order valence-corrected chi connectivity index (χ0v) is 18.8. The highest BCUT2D eigenvalue weighted by Gasteiger charge is 2.18. The Hall–Kier alpha value is -1.22. The minimum absolute atomic E-state index is 0.0434. The first kappa shape index (κ1) is 20.5. The number of hydrogen-bond donors (Lipinski definition) is 0. The number of thiophene rings is 1. The first-order valence-corrected chi connectivity index (χ1v) is 11.7. The van der Waals surface area contributed by atoms with Gasteiger partial charge in [-0.15, -0.1) is 22.7 Å². The van der Waals surface area contributed by atoms with Gasteiger partial charge >= 0.3 is 0 Å². The smallest absolute Gasteiger partial charge is 0.263 e. The minimum atomic E-state index is 0.0434. The summed E-state index contributed by atoms with van der Waals surface area (Å²) in [6.45, 7) is 9.45. The van der Waals surface area contributed by atoms with Gasteiger partial charge in [0.25, 0.3) is 5.56 Å². The number of ether oxygens (including phenoxy) is 1. The highest BCUT2D eigenvalue weighted by Crippen LogP contribution is 2.31. The summed E-state index contributed by atoms with van der Waals surface area (Å²) in [5, 5.41) is 4.76. The minimum Gasteiger partial charge on any atom is -0.383 e. The molecule has 0 aliphatic rings. The van der Waals surface area contributed by atoms with Crippen molar-refractivity contribution in [3.05, 3.63) is 36.9 Å². The molecular formula is C19H25N3O2S3. The first-order valence-electron chi connectivity index (χ1n) is 9.05. The maximum absolute atomic E-state index is 13.2. The maximum atomic E-state index is 13.2. The zero-order chi connectivity index (χ0) is 19.6. The van der Waals surface area contributed by atoms with Crippen LogP contribution in [0.3, 0.4) is 0 Å². The molecule has 0 spiro atoms. The fourth-order valence-electron chi connectivity index (χ4n) is 2.94. The number of rotatable bonds is 8. The summed E-state index contributed by atoms with van der Waals surface area (Å²) in [4.78, 5) is 24.8. The van der Waals surface area contributed by atoms with Crippen LogP contribution in [-0.2, 0) is 23.5 Å². The Labute approximate surface area is 171 Å². The molecule has 5 nitrogen and oxygen atoms in total. The Balaban J connectivity index is 1.98. The normalized spacial score (nSPS) is 11.8. The molecule has 0 bridgehead atoms. The molecule has 0 radical (unpaired) electrons. The van der Waals surface area contributed by atoms with E-state index in [1.807, 2.05) is 0 Å². The van der Waals surface area contributed by atoms with Crippen molar-refractivity contribution in [2.24, 2.45) is 0 Å². The largest absolute Gasteiger partial charge is 0.383 e. The molecule has 0 saturated carbocycles. The van der Waals surface area contributed by atoms with Crippen LogP contribution >= 0.6 is 34.4 Å². The van der Waals surface area contributed by atoms with E-state index in [1.54, 1.807) is 46.1 Å². The van der Waals surface area contributed by atoms with Crippen molar-refractivity contribution in [2.75, 3.05) is 13.7 Å². The lowest BCUT2D eigenvalue weighted by molar-refractivity contribution is 0.183. The number of aromatic nitrogens is 3. The van der Waals surface area contributed by atoms with Crippen LogP contribution < -0.4 is 5.56 Å². The van der Waals surface area contributed by atoms with E-state index in [0.717, 1.165) is 38.1 Å². The summed E-state index contributed by atoms with van der Waals surface area (Å²) in [6.07, 6.45) is 0.844. The Morgan fingerprint density at radius 1 is 1.33 bits per heavy atom. The van der Waals surface area contributed by atoms with Gasteiger partial charge in [0.05, 0.1) is 29.2 Å². The van der Waals surface area contributed by atoms with Crippen LogP contribution in [0, 0.1) is 6.92 Å². The molecule has 3 aromatic rings. The molecule has 0 amide bonds. The quantitative estimate of drug-likeness (QED) is 0.383. The van der Waals surface area contributed by atoms with Gasteiger partial charge in [-0.05, 0) is 18.9 Å². The van der Waals surface area contributed by atoms with E-state index in [2.05, 4.69) is 33.1 Å². The van der Waals surface area contributed by atoms with E-state index < -0.39 is 0 Å². The van der Waals surface area contributed by atoms with Crippen molar-refractivity contribution in [1.82, 2.24) is 14.5 Å². The van der Waals surface area contributed by atoms with E-state index in [9.17, 15) is 4.79 Å². The van der Waals surface area contributed by atoms with Crippen molar-refractivity contribution in [3.63, 3.8) is 0 Å². The van der Waals surface area contributed by atoms with Crippen LogP contribution in [-0.4, -0.2) is 28.3 Å². The van der Waals surface area contributed by atoms with Crippen LogP contribution in [0.4, 0.5) is 0 Å². The molecule has 27 heavy (non-hydrogen) atoms. The molecule has 3 aromatic heterocycles. The van der Waals surface area contributed by atoms with Gasteiger partial charge in [0.2, 0.25) is 0 Å². The lowest BCUT2D eigenvalue weighted by atomic mass is 10.1. The first-order chi connectivity index (χ1) is 13.0. The third-order valence-corrected chi connectivity index (χ3v) is 7.61. The predicted molar refractivity (Wildman–Crippen MR) is 116 cm³/mol. The lowest BCUT2D eigenvalue weighted by Gasteiger charge is -2.11. The molecule has 0 aliphatic heterocycles. The Bertz CT molecular complexity index is 988. The molecular weight excluding hydrogens is 398 g/mol. The molecule has 8 heteroatoms. The van der Waals surface area contributed by atoms with Gasteiger partial charge in [0.15, 0.2) is 5.16 Å². The number of fused-ring (bicyclic) bond motifs is 1. The van der Waals surface area contributed by atoms with Crippen LogP contribution in [0.25, 0.3) is 10.2 Å². The van der Waals surface area contributed by atoms with Crippen molar-refractivity contribution in [2.45, 2.75) is 57.5 Å². The Morgan fingerprint density at radius 2 is 2.11 bits per heavy atom. The molecule has 3 rings (SSSR count). The number of hydrogen-bond acceptors (Lipinski definition) is 7. The second-order valence-corrected chi connectivity index (χ2v) is 9.67. The number of thiazole rings is 1. The lowest BCUT2D eigenvalue weighted by Crippen LogP contribution is -2.25. The van der Waals surface area contributed by atoms with Gasteiger partial charge in [0.1, 0.15) is 4.83 Å². The van der Waals surface area contributed by atoms with Gasteiger partial charge in [-0.25, -0.2) is 9.97 Å². The fraction of sp³-hybridized carbons (Fsp3) is 0.526. The number of aryl methyl sites for hydroxylation is 2. The van der Waals surface area contributed by atoms with Crippen molar-refractivity contribution >= 4 is 44.7 Å². The summed E-state index contributed by atoms with van der Waals surface area (Å²) in [6, 6.07) is 0. The van der Waals surface area contributed by atoms with Crippen LogP contribution in [0.1, 0.15) is 47.8 Å². The monoisotopic (exact) mass is 423 g/mol. The standard InChI is InChI=1S/C19H25N3O2S3/c1-6-14-12(4)27-17-15(14)18(23)22(7-8-24-5)19(21-17)26-10-13-9-25-16(20-13)11(2)3/h9,11H,6-8,10H2,1-5H3. The molecule has 0 fully saturated rings. The average Bonchev–Trinajstić information content (AvgIpc) is 3.23. The number of methoxy groups -OCH3 is 1. The second kappa shape index (κ2) is 8.86. The van der Waals surface area contributed by atoms with E-state index in [1.165, 1.54) is 4.88 Å². The SMILES string of the molecule is CCc1c(C)sc2nc(SCc3csc(C(C)C)n3)n(CCOC)c(=O)c12. The molecule has 0 unspecified atom stereocenters. The summed E-state index contributed by atoms with van der Waals surface area (Å²) in [5.74, 6) is 1.14. The van der Waals surface area contributed by atoms with Gasteiger partial charge in [-0.1, -0.05) is 32.5 Å². The predicted octanol–water partition coefficient (Wildman–Crippen LogP) is 4.85. The van der Waals surface area contributed by atoms with E-state index in [4.69, 9.17) is 14.7 Å². The molecule has 3 heterocycles. The highest BCUT2D eigenvalue weighted by atomic mass is 32.2. The van der Waals surface area contributed by atoms with E-state index in [-0.39, 0.29) is 5.56 Å². The van der Waals surface area contributed by atoms with Crippen molar-refractivity contribution < 1.29 is 4.74 Å². The second-order valence-electron chi connectivity index (χ2n) is 6.63. The summed E-state index contributed by atoms with van der Waals surface area (Å²) in [5.41, 5.74) is 2.20. The third kappa shape index (κ3) is 4.29. The summed E-state index contributed by atoms with van der Waals surface area (Å²) < 4.78 is 6.98. The zero-order valence-electron chi connectivity index (χ0n) is 16.4. The van der Waals surface area contributed by atoms with Gasteiger partial charge in [0, 0.05) is 29.0 Å². The topological polar surface area (TPSA) is 57.0 Å². The Kier molecular flexibility index (Phi) is 6.73. The van der Waals surface area contributed by atoms with Crippen molar-refractivity contribution in [1.29, 1.82) is 0 Å². The fourth-order valence-corrected chi connectivity index (χ4v) is 5.95. The van der Waals surface area contributed by atoms with Crippen LogP contribution in [0.5, 0.6) is 0 Å². The third-order valence-electron chi connectivity index (χ3n) is 4.36. The van der Waals surface area contributed by atoms with Gasteiger partial charge in [-0.2, -0.15) is 0 Å². The molecule has 0 atom stereocenters. The molecule has 0 aliphatic carbocycles. The molecule has 0 saturated heterocycles. The number of nitrogens with zero attached hydrogens (tertiary/aromatic N) is 3. The molecule has 0 aromatic carbocycles. The van der Waals surface area contributed by atoms with E-state index in [0.29, 0.717) is 24.8 Å². The summed E-state index contributed by atoms with van der Waals surface area (Å²) >= 11 is 4.88. The number of thioether (sulfide) groups is 1. The van der Waals surface area contributed by atoms with Gasteiger partial charge < -0.3 is 4.74 Å². The van der Waals surface area contributed by atoms with E-state index >= 15 is 0 Å². The maximum Gasteiger partial charge on any atom is 0.263 e. The molecule has 146 valence electrons. The highest BCUT2D eigenvalue weighted by molar-refractivity contribution is 7.98. The molecule has 0 N–H and O–H groups in total.